The first-order valence-corrected chi connectivity index (χ1v) is 5.96. The minimum atomic E-state index is -1.07. The lowest BCUT2D eigenvalue weighted by Crippen LogP contribution is -2.41. The van der Waals surface area contributed by atoms with E-state index in [0.717, 1.165) is 0 Å². The minimum absolute atomic E-state index is 0.246. The molecule has 0 fully saturated rings. The second-order valence-electron chi connectivity index (χ2n) is 2.66. The van der Waals surface area contributed by atoms with Crippen molar-refractivity contribution in [2.24, 2.45) is 0 Å². The van der Waals surface area contributed by atoms with E-state index in [2.05, 4.69) is 5.32 Å². The molecule has 0 aliphatic heterocycles. The van der Waals surface area contributed by atoms with Gasteiger partial charge in [0.25, 0.3) is 0 Å². The SMILES string of the molecule is CC(=O)N[C@@H](CSCC(Cl)=CCl)C(=O)O. The Morgan fingerprint density at radius 1 is 1.60 bits per heavy atom. The molecule has 0 heterocycles. The number of carboxylic acids is 1. The molecule has 0 aromatic rings. The lowest BCUT2D eigenvalue weighted by Gasteiger charge is -2.12. The molecule has 1 amide bonds. The Labute approximate surface area is 102 Å². The van der Waals surface area contributed by atoms with E-state index in [1.54, 1.807) is 0 Å². The van der Waals surface area contributed by atoms with Crippen molar-refractivity contribution in [1.82, 2.24) is 5.32 Å². The van der Waals surface area contributed by atoms with E-state index in [0.29, 0.717) is 10.8 Å². The number of hydrogen-bond acceptors (Lipinski definition) is 3. The van der Waals surface area contributed by atoms with E-state index in [-0.39, 0.29) is 11.7 Å². The number of hydrogen-bond donors (Lipinski definition) is 2. The summed E-state index contributed by atoms with van der Waals surface area (Å²) < 4.78 is 0. The summed E-state index contributed by atoms with van der Waals surface area (Å²) in [7, 11) is 0. The fourth-order valence-electron chi connectivity index (χ4n) is 0.726. The van der Waals surface area contributed by atoms with Gasteiger partial charge in [0.15, 0.2) is 0 Å². The molecule has 2 N–H and O–H groups in total. The van der Waals surface area contributed by atoms with Gasteiger partial charge in [0.2, 0.25) is 5.91 Å². The number of amides is 1. The van der Waals surface area contributed by atoms with Crippen molar-refractivity contribution in [3.8, 4) is 0 Å². The normalized spacial score (nSPS) is 13.4. The van der Waals surface area contributed by atoms with Crippen LogP contribution in [0.3, 0.4) is 0 Å². The van der Waals surface area contributed by atoms with Crippen LogP contribution in [0.5, 0.6) is 0 Å². The second-order valence-corrected chi connectivity index (χ2v) is 4.40. The van der Waals surface area contributed by atoms with Crippen molar-refractivity contribution in [1.29, 1.82) is 0 Å². The fraction of sp³-hybridized carbons (Fsp3) is 0.500. The zero-order valence-corrected chi connectivity index (χ0v) is 10.3. The molecule has 7 heteroatoms. The molecule has 15 heavy (non-hydrogen) atoms. The quantitative estimate of drug-likeness (QED) is 0.771. The van der Waals surface area contributed by atoms with E-state index in [4.69, 9.17) is 28.3 Å². The zero-order valence-electron chi connectivity index (χ0n) is 8.00. The molecular formula is C8H11Cl2NO3S. The highest BCUT2D eigenvalue weighted by Gasteiger charge is 2.17. The van der Waals surface area contributed by atoms with Gasteiger partial charge in [-0.25, -0.2) is 4.79 Å². The predicted molar refractivity (Wildman–Crippen MR) is 62.4 cm³/mol. The van der Waals surface area contributed by atoms with Crippen LogP contribution in [0.1, 0.15) is 6.92 Å². The van der Waals surface area contributed by atoms with E-state index >= 15 is 0 Å². The number of carbonyl (C=O) groups excluding carboxylic acids is 1. The predicted octanol–water partition coefficient (Wildman–Crippen LogP) is 1.63. The molecule has 0 rings (SSSR count). The molecule has 1 atom stereocenters. The highest BCUT2D eigenvalue weighted by Crippen LogP contribution is 2.13. The molecule has 0 spiro atoms. The van der Waals surface area contributed by atoms with Crippen LogP contribution in [0.25, 0.3) is 0 Å². The maximum Gasteiger partial charge on any atom is 0.327 e. The van der Waals surface area contributed by atoms with Gasteiger partial charge >= 0.3 is 5.97 Å². The number of carbonyl (C=O) groups is 2. The van der Waals surface area contributed by atoms with Crippen LogP contribution in [-0.4, -0.2) is 34.5 Å². The first-order valence-electron chi connectivity index (χ1n) is 3.99. The summed E-state index contributed by atoms with van der Waals surface area (Å²) >= 11 is 12.2. The Hall–Kier alpha value is -0.390. The highest BCUT2D eigenvalue weighted by atomic mass is 35.5. The van der Waals surface area contributed by atoms with Crippen molar-refractivity contribution in [3.05, 3.63) is 10.6 Å². The summed E-state index contributed by atoms with van der Waals surface area (Å²) in [6, 6.07) is -0.896. The van der Waals surface area contributed by atoms with Gasteiger partial charge in [0, 0.05) is 29.0 Å². The third-order valence-electron chi connectivity index (χ3n) is 1.32. The fourth-order valence-corrected chi connectivity index (χ4v) is 1.98. The molecule has 0 aromatic heterocycles. The first-order chi connectivity index (χ1) is 6.97. The topological polar surface area (TPSA) is 66.4 Å². The number of halogens is 2. The van der Waals surface area contributed by atoms with E-state index in [9.17, 15) is 9.59 Å². The number of aliphatic carboxylic acids is 1. The van der Waals surface area contributed by atoms with Crippen LogP contribution >= 0.6 is 35.0 Å². The molecule has 4 nitrogen and oxygen atoms in total. The maximum absolute atomic E-state index is 10.7. The first kappa shape index (κ1) is 14.6. The molecule has 0 aliphatic carbocycles. The lowest BCUT2D eigenvalue weighted by molar-refractivity contribution is -0.140. The molecule has 0 radical (unpaired) electrons. The standard InChI is InChI=1S/C8H11Cl2NO3S/c1-5(12)11-7(8(13)14)4-15-3-6(10)2-9/h2,7H,3-4H2,1H3,(H,11,12)(H,13,14)/t7-/m0/s1. The van der Waals surface area contributed by atoms with Gasteiger partial charge in [0.05, 0.1) is 0 Å². The Bertz CT molecular complexity index is 271. The molecule has 0 aliphatic rings. The Kier molecular flexibility index (Phi) is 7.64. The Balaban J connectivity index is 3.97. The summed E-state index contributed by atoms with van der Waals surface area (Å²) in [5.74, 6) is -0.768. The van der Waals surface area contributed by atoms with E-state index in [1.165, 1.54) is 24.2 Å². The number of rotatable bonds is 6. The summed E-state index contributed by atoms with van der Waals surface area (Å²) in [6.07, 6.45) is 0. The second kappa shape index (κ2) is 7.84. The Morgan fingerprint density at radius 3 is 2.60 bits per heavy atom. The summed E-state index contributed by atoms with van der Waals surface area (Å²) in [6.45, 7) is 1.27. The van der Waals surface area contributed by atoms with Crippen molar-refractivity contribution in [2.45, 2.75) is 13.0 Å². The monoisotopic (exact) mass is 271 g/mol. The van der Waals surface area contributed by atoms with Crippen LogP contribution in [0.2, 0.25) is 0 Å². The smallest absolute Gasteiger partial charge is 0.327 e. The molecular weight excluding hydrogens is 261 g/mol. The lowest BCUT2D eigenvalue weighted by atomic mass is 10.3. The number of thioether (sulfide) groups is 1. The highest BCUT2D eigenvalue weighted by molar-refractivity contribution is 7.99. The van der Waals surface area contributed by atoms with Crippen molar-refractivity contribution >= 4 is 46.8 Å². The molecule has 86 valence electrons. The van der Waals surface area contributed by atoms with Crippen molar-refractivity contribution in [3.63, 3.8) is 0 Å². The van der Waals surface area contributed by atoms with Gasteiger partial charge in [0.1, 0.15) is 6.04 Å². The summed E-state index contributed by atoms with van der Waals surface area (Å²) in [5.41, 5.74) is 1.22. The zero-order chi connectivity index (χ0) is 11.8. The molecule has 0 unspecified atom stereocenters. The summed E-state index contributed by atoms with van der Waals surface area (Å²) in [4.78, 5) is 21.3. The van der Waals surface area contributed by atoms with Gasteiger partial charge in [-0.05, 0) is 0 Å². The van der Waals surface area contributed by atoms with Gasteiger partial charge in [-0.15, -0.1) is 0 Å². The average molecular weight is 272 g/mol. The van der Waals surface area contributed by atoms with Gasteiger partial charge in [-0.3, -0.25) is 4.79 Å². The minimum Gasteiger partial charge on any atom is -0.480 e. The molecule has 0 saturated heterocycles. The van der Waals surface area contributed by atoms with Gasteiger partial charge in [-0.1, -0.05) is 23.2 Å². The van der Waals surface area contributed by atoms with Crippen LogP contribution in [0.4, 0.5) is 0 Å². The van der Waals surface area contributed by atoms with Crippen LogP contribution in [0.15, 0.2) is 10.6 Å². The third-order valence-corrected chi connectivity index (χ3v) is 3.18. The third kappa shape index (κ3) is 7.53. The van der Waals surface area contributed by atoms with E-state index in [1.807, 2.05) is 0 Å². The van der Waals surface area contributed by atoms with Crippen molar-refractivity contribution in [2.75, 3.05) is 11.5 Å². The van der Waals surface area contributed by atoms with Crippen LogP contribution in [0, 0.1) is 0 Å². The van der Waals surface area contributed by atoms with Gasteiger partial charge < -0.3 is 10.4 Å². The summed E-state index contributed by atoms with van der Waals surface area (Å²) in [5, 5.41) is 11.5. The van der Waals surface area contributed by atoms with Gasteiger partial charge in [-0.2, -0.15) is 11.8 Å². The molecule has 0 aromatic carbocycles. The van der Waals surface area contributed by atoms with Crippen LogP contribution < -0.4 is 5.32 Å². The van der Waals surface area contributed by atoms with Crippen LogP contribution in [-0.2, 0) is 9.59 Å². The average Bonchev–Trinajstić information content (AvgIpc) is 2.15. The van der Waals surface area contributed by atoms with Crippen molar-refractivity contribution < 1.29 is 14.7 Å². The van der Waals surface area contributed by atoms with E-state index < -0.39 is 12.0 Å². The number of carboxylic acid groups (broad SMARTS) is 1. The maximum atomic E-state index is 10.7. The molecule has 0 saturated carbocycles. The Morgan fingerprint density at radius 2 is 2.20 bits per heavy atom. The largest absolute Gasteiger partial charge is 0.480 e. The molecule has 0 bridgehead atoms. The number of nitrogens with one attached hydrogen (secondary N) is 1.